The zero-order valence-electron chi connectivity index (χ0n) is 20.1. The zero-order chi connectivity index (χ0) is 26.1. The van der Waals surface area contributed by atoms with Crippen molar-refractivity contribution in [1.29, 1.82) is 5.26 Å². The number of hydrogen-bond donors (Lipinski definition) is 2. The third kappa shape index (κ3) is 4.19. The van der Waals surface area contributed by atoms with Gasteiger partial charge in [0, 0.05) is 19.3 Å². The summed E-state index contributed by atoms with van der Waals surface area (Å²) < 4.78 is 3.01. The van der Waals surface area contributed by atoms with Crippen molar-refractivity contribution in [1.82, 2.24) is 24.1 Å². The average Bonchev–Trinajstić information content (AvgIpc) is 2.90. The van der Waals surface area contributed by atoms with Gasteiger partial charge in [0.05, 0.1) is 22.6 Å². The summed E-state index contributed by atoms with van der Waals surface area (Å²) in [5.41, 5.74) is 8.06. The molecule has 182 valence electrons. The van der Waals surface area contributed by atoms with Gasteiger partial charge in [0.1, 0.15) is 35.4 Å². The molecule has 0 aliphatic carbocycles. The van der Waals surface area contributed by atoms with Gasteiger partial charge < -0.3 is 15.6 Å². The number of hydrogen-bond acceptors (Lipinski definition) is 8. The number of para-hydroxylation sites is 1. The minimum absolute atomic E-state index is 0.0565. The van der Waals surface area contributed by atoms with Gasteiger partial charge in [-0.25, -0.2) is 15.0 Å². The van der Waals surface area contributed by atoms with E-state index < -0.39 is 6.04 Å². The molecule has 2 aromatic carbocycles. The molecule has 3 heterocycles. The Kier molecular flexibility index (Phi) is 5.95. The highest BCUT2D eigenvalue weighted by Gasteiger charge is 2.22. The largest absolute Gasteiger partial charge is 0.382 e. The Balaban J connectivity index is 1.76. The number of nitrogen functional groups attached to an aromatic ring is 1. The highest BCUT2D eigenvalue weighted by atomic mass is 16.1. The summed E-state index contributed by atoms with van der Waals surface area (Å²) in [5.74, 6) is 0.721. The molecule has 0 spiro atoms. The lowest BCUT2D eigenvalue weighted by Gasteiger charge is -2.21. The molecule has 0 radical (unpaired) electrons. The van der Waals surface area contributed by atoms with Crippen molar-refractivity contribution in [2.24, 2.45) is 7.05 Å². The summed E-state index contributed by atoms with van der Waals surface area (Å²) in [4.78, 5) is 39.0. The topological polar surface area (TPSA) is 145 Å². The smallest absolute Gasteiger partial charge is 0.266 e. The van der Waals surface area contributed by atoms with E-state index in [4.69, 9.17) is 10.7 Å². The molecule has 3 N–H and O–H groups in total. The molecule has 10 nitrogen and oxygen atoms in total. The number of nitrogens with one attached hydrogen (secondary N) is 1. The Bertz CT molecular complexity index is 1800. The van der Waals surface area contributed by atoms with Gasteiger partial charge >= 0.3 is 0 Å². The first-order chi connectivity index (χ1) is 17.9. The second-order valence-corrected chi connectivity index (χ2v) is 8.47. The number of aromatic nitrogens is 5. The second kappa shape index (κ2) is 9.39. The van der Waals surface area contributed by atoms with Gasteiger partial charge in [0.2, 0.25) is 5.56 Å². The molecule has 0 aliphatic heterocycles. The van der Waals surface area contributed by atoms with Crippen molar-refractivity contribution in [3.05, 3.63) is 105 Å². The molecule has 5 aromatic rings. The van der Waals surface area contributed by atoms with Crippen molar-refractivity contribution in [3.63, 3.8) is 0 Å². The number of nitrogens with two attached hydrogens (primary N) is 1. The number of nitrogens with zero attached hydrogens (tertiary/aromatic N) is 6. The molecule has 5 rings (SSSR count). The van der Waals surface area contributed by atoms with E-state index in [-0.39, 0.29) is 28.3 Å². The van der Waals surface area contributed by atoms with E-state index in [0.29, 0.717) is 28.0 Å². The fourth-order valence-electron chi connectivity index (χ4n) is 4.25. The number of rotatable bonds is 5. The molecule has 0 saturated carbocycles. The van der Waals surface area contributed by atoms with E-state index in [2.05, 4.69) is 15.3 Å². The Morgan fingerprint density at radius 2 is 1.81 bits per heavy atom. The predicted molar refractivity (Wildman–Crippen MR) is 141 cm³/mol. The maximum atomic E-state index is 14.2. The minimum Gasteiger partial charge on any atom is -0.382 e. The Morgan fingerprint density at radius 1 is 1.03 bits per heavy atom. The number of anilines is 2. The molecule has 10 heteroatoms. The van der Waals surface area contributed by atoms with E-state index in [0.717, 1.165) is 5.56 Å². The SMILES string of the molecule is C[C@H](Nc1ncnc(N)c1C#N)c1nc2cccc(-c3ccc(=O)n(C)c3)c2c(=O)n1-c1ccccc1. The Morgan fingerprint density at radius 3 is 2.54 bits per heavy atom. The summed E-state index contributed by atoms with van der Waals surface area (Å²) in [5, 5.41) is 13.1. The van der Waals surface area contributed by atoms with Crippen LogP contribution in [0.3, 0.4) is 0 Å². The van der Waals surface area contributed by atoms with Crippen LogP contribution < -0.4 is 22.2 Å². The van der Waals surface area contributed by atoms with Crippen LogP contribution in [0, 0.1) is 11.3 Å². The van der Waals surface area contributed by atoms with Gasteiger partial charge in [-0.3, -0.25) is 14.2 Å². The van der Waals surface area contributed by atoms with E-state index in [1.54, 1.807) is 29.9 Å². The summed E-state index contributed by atoms with van der Waals surface area (Å²) in [7, 11) is 1.66. The van der Waals surface area contributed by atoms with Crippen LogP contribution in [0.5, 0.6) is 0 Å². The molecule has 0 unspecified atom stereocenters. The number of aryl methyl sites for hydroxylation is 1. The minimum atomic E-state index is -0.542. The van der Waals surface area contributed by atoms with Crippen molar-refractivity contribution >= 4 is 22.5 Å². The number of benzene rings is 2. The van der Waals surface area contributed by atoms with E-state index in [9.17, 15) is 14.9 Å². The monoisotopic (exact) mass is 490 g/mol. The predicted octanol–water partition coefficient (Wildman–Crippen LogP) is 3.17. The molecular weight excluding hydrogens is 468 g/mol. The molecule has 0 amide bonds. The van der Waals surface area contributed by atoms with Gasteiger partial charge in [-0.05, 0) is 42.3 Å². The molecule has 1 atom stereocenters. The van der Waals surface area contributed by atoms with Crippen LogP contribution in [0.15, 0.2) is 82.8 Å². The lowest BCUT2D eigenvalue weighted by molar-refractivity contribution is 0.730. The molecule has 0 bridgehead atoms. The average molecular weight is 491 g/mol. The maximum Gasteiger partial charge on any atom is 0.266 e. The molecule has 0 saturated heterocycles. The van der Waals surface area contributed by atoms with Crippen LogP contribution in [0.4, 0.5) is 11.6 Å². The summed E-state index contributed by atoms with van der Waals surface area (Å²) in [6.07, 6.45) is 2.97. The molecule has 3 aromatic heterocycles. The van der Waals surface area contributed by atoms with Gasteiger partial charge in [0.15, 0.2) is 0 Å². The summed E-state index contributed by atoms with van der Waals surface area (Å²) in [6, 6.07) is 19.3. The number of pyridine rings is 1. The van der Waals surface area contributed by atoms with Gasteiger partial charge in [-0.15, -0.1) is 0 Å². The quantitative estimate of drug-likeness (QED) is 0.382. The lowest BCUT2D eigenvalue weighted by atomic mass is 10.0. The van der Waals surface area contributed by atoms with Crippen LogP contribution in [0.1, 0.15) is 24.4 Å². The Labute approximate surface area is 211 Å². The zero-order valence-corrected chi connectivity index (χ0v) is 20.1. The van der Waals surface area contributed by atoms with Crippen LogP contribution in [-0.4, -0.2) is 24.1 Å². The van der Waals surface area contributed by atoms with Crippen LogP contribution in [0.2, 0.25) is 0 Å². The van der Waals surface area contributed by atoms with Crippen molar-refractivity contribution < 1.29 is 0 Å². The van der Waals surface area contributed by atoms with E-state index >= 15 is 0 Å². The number of nitriles is 1. The molecular formula is C27H22N8O2. The third-order valence-electron chi connectivity index (χ3n) is 6.06. The summed E-state index contributed by atoms with van der Waals surface area (Å²) >= 11 is 0. The first-order valence-electron chi connectivity index (χ1n) is 11.4. The van der Waals surface area contributed by atoms with Crippen LogP contribution in [0.25, 0.3) is 27.7 Å². The standard InChI is InChI=1S/C27H22N8O2/c1-16(32-25-20(13-28)24(29)30-15-31-25)26-33-21-10-6-9-19(17-11-12-22(36)34(2)14-17)23(21)27(37)35(26)18-7-4-3-5-8-18/h3-12,14-16H,1-2H3,(H3,29,30,31,32)/t16-/m0/s1. The van der Waals surface area contributed by atoms with Crippen LogP contribution >= 0.6 is 0 Å². The Hall–Kier alpha value is -5.30. The summed E-state index contributed by atoms with van der Waals surface area (Å²) in [6.45, 7) is 1.82. The van der Waals surface area contributed by atoms with E-state index in [1.165, 1.54) is 17.0 Å². The van der Waals surface area contributed by atoms with Gasteiger partial charge in [-0.1, -0.05) is 30.3 Å². The fourth-order valence-corrected chi connectivity index (χ4v) is 4.25. The van der Waals surface area contributed by atoms with Gasteiger partial charge in [0.25, 0.3) is 5.56 Å². The fraction of sp³-hybridized carbons (Fsp3) is 0.111. The normalized spacial score (nSPS) is 11.7. The van der Waals surface area contributed by atoms with E-state index in [1.807, 2.05) is 55.5 Å². The van der Waals surface area contributed by atoms with Crippen molar-refractivity contribution in [3.8, 4) is 22.9 Å². The maximum absolute atomic E-state index is 14.2. The number of fused-ring (bicyclic) bond motifs is 1. The van der Waals surface area contributed by atoms with Gasteiger partial charge in [-0.2, -0.15) is 5.26 Å². The highest BCUT2D eigenvalue weighted by molar-refractivity contribution is 5.94. The highest BCUT2D eigenvalue weighted by Crippen LogP contribution is 2.28. The lowest BCUT2D eigenvalue weighted by Crippen LogP contribution is -2.28. The molecule has 0 fully saturated rings. The molecule has 37 heavy (non-hydrogen) atoms. The van der Waals surface area contributed by atoms with Crippen molar-refractivity contribution in [2.45, 2.75) is 13.0 Å². The first-order valence-corrected chi connectivity index (χ1v) is 11.4. The molecule has 0 aliphatic rings. The third-order valence-corrected chi connectivity index (χ3v) is 6.06. The second-order valence-electron chi connectivity index (χ2n) is 8.47. The first kappa shape index (κ1) is 23.4. The van der Waals surface area contributed by atoms with Crippen molar-refractivity contribution in [2.75, 3.05) is 11.1 Å². The van der Waals surface area contributed by atoms with Crippen LogP contribution in [-0.2, 0) is 7.05 Å².